The Balaban J connectivity index is 1.69. The molecule has 2 heterocycles. The maximum absolute atomic E-state index is 12.9. The van der Waals surface area contributed by atoms with Crippen LogP contribution in [0.25, 0.3) is 10.2 Å². The van der Waals surface area contributed by atoms with Crippen LogP contribution in [-0.2, 0) is 11.3 Å². The van der Waals surface area contributed by atoms with Crippen LogP contribution in [-0.4, -0.2) is 45.1 Å². The van der Waals surface area contributed by atoms with E-state index in [4.69, 9.17) is 0 Å². The van der Waals surface area contributed by atoms with Crippen molar-refractivity contribution in [2.45, 2.75) is 46.3 Å². The Labute approximate surface area is 195 Å². The molecule has 2 aromatic heterocycles. The summed E-state index contributed by atoms with van der Waals surface area (Å²) in [5, 5.41) is 4.05. The number of rotatable bonds is 8. The first-order chi connectivity index (χ1) is 15.3. The summed E-state index contributed by atoms with van der Waals surface area (Å²) < 4.78 is 1.62. The van der Waals surface area contributed by atoms with E-state index < -0.39 is 0 Å². The summed E-state index contributed by atoms with van der Waals surface area (Å²) in [4.78, 5) is 46.0. The fraction of sp³-hybridized carbons (Fsp3) is 0.391. The zero-order chi connectivity index (χ0) is 23.4. The van der Waals surface area contributed by atoms with Gasteiger partial charge in [0.15, 0.2) is 5.16 Å². The summed E-state index contributed by atoms with van der Waals surface area (Å²) >= 11 is 2.75. The molecule has 3 aromatic rings. The minimum Gasteiger partial charge on any atom is -0.339 e. The molecule has 0 atom stereocenters. The second-order valence-corrected chi connectivity index (χ2v) is 9.44. The third-order valence-electron chi connectivity index (χ3n) is 5.37. The Morgan fingerprint density at radius 1 is 1.12 bits per heavy atom. The van der Waals surface area contributed by atoms with Crippen LogP contribution in [0.15, 0.2) is 34.2 Å². The van der Waals surface area contributed by atoms with Gasteiger partial charge in [-0.05, 0) is 64.4 Å². The fourth-order valence-electron chi connectivity index (χ4n) is 3.41. The number of carbonyl (C=O) groups is 2. The van der Waals surface area contributed by atoms with Crippen LogP contribution in [0.4, 0.5) is 5.69 Å². The summed E-state index contributed by atoms with van der Waals surface area (Å²) in [6, 6.07) is 6.88. The molecule has 2 amide bonds. The van der Waals surface area contributed by atoms with E-state index in [-0.39, 0.29) is 23.1 Å². The first-order valence-electron chi connectivity index (χ1n) is 10.6. The topological polar surface area (TPSA) is 84.3 Å². The highest BCUT2D eigenvalue weighted by Gasteiger charge is 2.17. The number of hydrogen-bond donors (Lipinski definition) is 1. The average Bonchev–Trinajstić information content (AvgIpc) is 3.07. The first kappa shape index (κ1) is 24.0. The standard InChI is InChI=1S/C23H28N4O3S2/c1-6-26(7-2)21(29)16-9-11-17(12-10-16)24-18(28)13-31-23-25-20-19(14(4)15(5)32-20)22(30)27(23)8-3/h9-12H,6-8,13H2,1-5H3,(H,24,28). The molecule has 0 saturated heterocycles. The largest absolute Gasteiger partial charge is 0.339 e. The lowest BCUT2D eigenvalue weighted by Gasteiger charge is -2.18. The summed E-state index contributed by atoms with van der Waals surface area (Å²) in [7, 11) is 0. The quantitative estimate of drug-likeness (QED) is 0.390. The van der Waals surface area contributed by atoms with Gasteiger partial charge >= 0.3 is 0 Å². The number of anilines is 1. The molecule has 1 N–H and O–H groups in total. The number of thioether (sulfide) groups is 1. The normalized spacial score (nSPS) is 11.0. The van der Waals surface area contributed by atoms with Crippen molar-refractivity contribution in [3.8, 4) is 0 Å². The number of thiophene rings is 1. The van der Waals surface area contributed by atoms with E-state index in [0.717, 1.165) is 10.4 Å². The summed E-state index contributed by atoms with van der Waals surface area (Å²) in [6.45, 7) is 11.5. The van der Waals surface area contributed by atoms with Gasteiger partial charge in [-0.15, -0.1) is 11.3 Å². The van der Waals surface area contributed by atoms with Gasteiger partial charge in [-0.3, -0.25) is 19.0 Å². The Morgan fingerprint density at radius 3 is 2.38 bits per heavy atom. The zero-order valence-corrected chi connectivity index (χ0v) is 20.7. The summed E-state index contributed by atoms with van der Waals surface area (Å²) in [5.74, 6) is -0.101. The SMILES string of the molecule is CCN(CC)C(=O)c1ccc(NC(=O)CSc2nc3sc(C)c(C)c3c(=O)n2CC)cc1. The monoisotopic (exact) mass is 472 g/mol. The number of hydrogen-bond acceptors (Lipinski definition) is 6. The second kappa shape index (κ2) is 10.3. The predicted octanol–water partition coefficient (Wildman–Crippen LogP) is 4.31. The number of amides is 2. The van der Waals surface area contributed by atoms with Gasteiger partial charge in [-0.1, -0.05) is 11.8 Å². The fourth-order valence-corrected chi connectivity index (χ4v) is 5.35. The second-order valence-electron chi connectivity index (χ2n) is 7.30. The van der Waals surface area contributed by atoms with Crippen LogP contribution in [0.5, 0.6) is 0 Å². The lowest BCUT2D eigenvalue weighted by molar-refractivity contribution is -0.113. The highest BCUT2D eigenvalue weighted by Crippen LogP contribution is 2.28. The van der Waals surface area contributed by atoms with Gasteiger partial charge in [0.25, 0.3) is 11.5 Å². The minimum atomic E-state index is -0.201. The van der Waals surface area contributed by atoms with Crippen LogP contribution < -0.4 is 10.9 Å². The van der Waals surface area contributed by atoms with E-state index in [1.54, 1.807) is 33.7 Å². The van der Waals surface area contributed by atoms with Gasteiger partial charge in [-0.25, -0.2) is 4.98 Å². The van der Waals surface area contributed by atoms with Gasteiger partial charge in [0.2, 0.25) is 5.91 Å². The van der Waals surface area contributed by atoms with Crippen LogP contribution >= 0.6 is 23.1 Å². The first-order valence-corrected chi connectivity index (χ1v) is 12.4. The highest BCUT2D eigenvalue weighted by atomic mass is 32.2. The molecule has 0 bridgehead atoms. The Kier molecular flexibility index (Phi) is 7.73. The number of aromatic nitrogens is 2. The molecule has 0 spiro atoms. The predicted molar refractivity (Wildman–Crippen MR) is 132 cm³/mol. The molecule has 0 unspecified atom stereocenters. The molecule has 0 aliphatic rings. The third-order valence-corrected chi connectivity index (χ3v) is 7.45. The highest BCUT2D eigenvalue weighted by molar-refractivity contribution is 7.99. The van der Waals surface area contributed by atoms with E-state index >= 15 is 0 Å². The molecule has 3 rings (SSSR count). The molecule has 0 radical (unpaired) electrons. The van der Waals surface area contributed by atoms with E-state index in [1.165, 1.54) is 23.1 Å². The number of carbonyl (C=O) groups excluding carboxylic acids is 2. The molecule has 0 fully saturated rings. The van der Waals surface area contributed by atoms with Crippen LogP contribution in [0.3, 0.4) is 0 Å². The van der Waals surface area contributed by atoms with Crippen LogP contribution in [0, 0.1) is 13.8 Å². The smallest absolute Gasteiger partial charge is 0.263 e. The number of fused-ring (bicyclic) bond motifs is 1. The number of nitrogens with one attached hydrogen (secondary N) is 1. The van der Waals surface area contributed by atoms with Crippen molar-refractivity contribution in [1.82, 2.24) is 14.5 Å². The molecule has 0 aliphatic carbocycles. The van der Waals surface area contributed by atoms with Gasteiger partial charge in [0.05, 0.1) is 11.1 Å². The van der Waals surface area contributed by atoms with E-state index in [9.17, 15) is 14.4 Å². The van der Waals surface area contributed by atoms with Crippen molar-refractivity contribution in [3.63, 3.8) is 0 Å². The van der Waals surface area contributed by atoms with Crippen LogP contribution in [0.1, 0.15) is 41.6 Å². The van der Waals surface area contributed by atoms with Crippen molar-refractivity contribution in [2.24, 2.45) is 0 Å². The summed E-state index contributed by atoms with van der Waals surface area (Å²) in [6.07, 6.45) is 0. The molecule has 1 aromatic carbocycles. The maximum atomic E-state index is 12.9. The molecule has 0 saturated carbocycles. The summed E-state index contributed by atoms with van der Waals surface area (Å²) in [5.41, 5.74) is 2.12. The van der Waals surface area contributed by atoms with Gasteiger partial charge in [0.1, 0.15) is 4.83 Å². The van der Waals surface area contributed by atoms with Crippen molar-refractivity contribution >= 4 is 50.8 Å². The Bertz CT molecular complexity index is 1190. The van der Waals surface area contributed by atoms with Gasteiger partial charge < -0.3 is 10.2 Å². The molecule has 32 heavy (non-hydrogen) atoms. The Morgan fingerprint density at radius 2 is 1.78 bits per heavy atom. The van der Waals surface area contributed by atoms with Crippen molar-refractivity contribution < 1.29 is 9.59 Å². The lowest BCUT2D eigenvalue weighted by Crippen LogP contribution is -2.30. The zero-order valence-electron chi connectivity index (χ0n) is 19.0. The molecule has 7 nitrogen and oxygen atoms in total. The minimum absolute atomic E-state index is 0.0264. The van der Waals surface area contributed by atoms with E-state index in [2.05, 4.69) is 10.3 Å². The molecule has 0 aliphatic heterocycles. The third kappa shape index (κ3) is 4.88. The van der Waals surface area contributed by atoms with Gasteiger partial charge in [-0.2, -0.15) is 0 Å². The van der Waals surface area contributed by atoms with Crippen molar-refractivity contribution in [1.29, 1.82) is 0 Å². The number of benzene rings is 1. The maximum Gasteiger partial charge on any atom is 0.263 e. The molecular weight excluding hydrogens is 444 g/mol. The molecular formula is C23H28N4O3S2. The van der Waals surface area contributed by atoms with Crippen molar-refractivity contribution in [2.75, 3.05) is 24.2 Å². The number of aryl methyl sites for hydroxylation is 2. The van der Waals surface area contributed by atoms with E-state index in [0.29, 0.717) is 46.3 Å². The van der Waals surface area contributed by atoms with Gasteiger partial charge in [0, 0.05) is 35.8 Å². The van der Waals surface area contributed by atoms with E-state index in [1.807, 2.05) is 34.6 Å². The van der Waals surface area contributed by atoms with Crippen LogP contribution in [0.2, 0.25) is 0 Å². The average molecular weight is 473 g/mol. The number of nitrogens with zero attached hydrogens (tertiary/aromatic N) is 3. The Hall–Kier alpha value is -2.65. The lowest BCUT2D eigenvalue weighted by atomic mass is 10.2. The molecule has 9 heteroatoms. The van der Waals surface area contributed by atoms with Crippen molar-refractivity contribution in [3.05, 3.63) is 50.6 Å². The molecule has 170 valence electrons.